The van der Waals surface area contributed by atoms with Gasteiger partial charge in [0, 0.05) is 5.02 Å². The van der Waals surface area contributed by atoms with Crippen molar-refractivity contribution >= 4 is 28.6 Å². The molecule has 1 N–H and O–H groups in total. The zero-order valence-electron chi connectivity index (χ0n) is 12.0. The molecule has 0 aliphatic heterocycles. The van der Waals surface area contributed by atoms with Gasteiger partial charge in [0.1, 0.15) is 11.9 Å². The number of carboxylic acids is 1. The number of imidazole rings is 1. The number of halogens is 1. The molecule has 2 atom stereocenters. The number of hydrogen-bond acceptors (Lipinski definition) is 3. The predicted molar refractivity (Wildman–Crippen MR) is 79.2 cm³/mol. The third-order valence-electron chi connectivity index (χ3n) is 3.57. The van der Waals surface area contributed by atoms with E-state index >= 15 is 0 Å². The maximum absolute atomic E-state index is 11.4. The number of carbonyl (C=O) groups is 1. The molecule has 0 aliphatic rings. The van der Waals surface area contributed by atoms with Crippen LogP contribution in [0.1, 0.15) is 31.8 Å². The summed E-state index contributed by atoms with van der Waals surface area (Å²) in [7, 11) is 3.87. The molecule has 1 heterocycles. The van der Waals surface area contributed by atoms with E-state index < -0.39 is 12.0 Å². The first kappa shape index (κ1) is 14.8. The number of carboxylic acid groups (broad SMARTS) is 1. The van der Waals surface area contributed by atoms with Crippen LogP contribution in [0.2, 0.25) is 5.02 Å². The summed E-state index contributed by atoms with van der Waals surface area (Å²) in [5.74, 6) is -0.159. The second-order valence-electron chi connectivity index (χ2n) is 5.13. The first-order valence-corrected chi connectivity index (χ1v) is 6.77. The van der Waals surface area contributed by atoms with Gasteiger partial charge in [0.25, 0.3) is 0 Å². The fourth-order valence-electron chi connectivity index (χ4n) is 2.13. The Morgan fingerprint density at radius 1 is 1.40 bits per heavy atom. The van der Waals surface area contributed by atoms with Crippen LogP contribution in [0.5, 0.6) is 0 Å². The van der Waals surface area contributed by atoms with Crippen LogP contribution in [0.25, 0.3) is 11.0 Å². The van der Waals surface area contributed by atoms with Crippen molar-refractivity contribution in [3.05, 3.63) is 29.0 Å². The minimum absolute atomic E-state index is 0.00276. The fraction of sp³-hybridized carbons (Fsp3) is 0.429. The van der Waals surface area contributed by atoms with Crippen LogP contribution in [0, 0.1) is 0 Å². The average molecular weight is 296 g/mol. The molecule has 0 radical (unpaired) electrons. The molecular formula is C14H18ClN3O2. The van der Waals surface area contributed by atoms with Crippen molar-refractivity contribution in [1.82, 2.24) is 14.5 Å². The normalized spacial score (nSPS) is 14.7. The van der Waals surface area contributed by atoms with Gasteiger partial charge in [0.15, 0.2) is 0 Å². The summed E-state index contributed by atoms with van der Waals surface area (Å²) in [6.45, 7) is 3.65. The molecule has 5 nitrogen and oxygen atoms in total. The molecule has 20 heavy (non-hydrogen) atoms. The molecule has 1 aromatic heterocycles. The maximum Gasteiger partial charge on any atom is 0.326 e. The molecule has 0 saturated heterocycles. The molecule has 2 rings (SSSR count). The number of aliphatic carboxylic acids is 1. The third-order valence-corrected chi connectivity index (χ3v) is 3.81. The van der Waals surface area contributed by atoms with Crippen LogP contribution in [0.15, 0.2) is 18.2 Å². The number of fused-ring (bicyclic) bond motifs is 1. The van der Waals surface area contributed by atoms with Crippen LogP contribution >= 0.6 is 11.6 Å². The van der Waals surface area contributed by atoms with Gasteiger partial charge in [-0.3, -0.25) is 4.90 Å². The predicted octanol–water partition coefficient (Wildman–Crippen LogP) is 2.96. The van der Waals surface area contributed by atoms with E-state index in [2.05, 4.69) is 4.98 Å². The standard InChI is InChI=1S/C14H18ClN3O2/c1-8(17(3)4)13-16-11-7-10(15)5-6-12(11)18(13)9(2)14(19)20/h5-9H,1-4H3,(H,19,20). The van der Waals surface area contributed by atoms with Gasteiger partial charge < -0.3 is 9.67 Å². The van der Waals surface area contributed by atoms with Crippen molar-refractivity contribution in [2.45, 2.75) is 25.9 Å². The van der Waals surface area contributed by atoms with E-state index in [4.69, 9.17) is 11.6 Å². The molecular weight excluding hydrogens is 278 g/mol. The van der Waals surface area contributed by atoms with Crippen molar-refractivity contribution in [3.8, 4) is 0 Å². The lowest BCUT2D eigenvalue weighted by atomic mass is 10.2. The van der Waals surface area contributed by atoms with Crippen LogP contribution in [-0.4, -0.2) is 39.6 Å². The third kappa shape index (κ3) is 2.51. The quantitative estimate of drug-likeness (QED) is 0.942. The van der Waals surface area contributed by atoms with Crippen LogP contribution < -0.4 is 0 Å². The van der Waals surface area contributed by atoms with E-state index in [0.717, 1.165) is 11.3 Å². The lowest BCUT2D eigenvalue weighted by Crippen LogP contribution is -2.24. The van der Waals surface area contributed by atoms with Gasteiger partial charge in [-0.15, -0.1) is 0 Å². The molecule has 1 aromatic carbocycles. The lowest BCUT2D eigenvalue weighted by molar-refractivity contribution is -0.140. The maximum atomic E-state index is 11.4. The molecule has 0 fully saturated rings. The summed E-state index contributed by atoms with van der Waals surface area (Å²) in [6.07, 6.45) is 0. The number of rotatable bonds is 4. The number of hydrogen-bond donors (Lipinski definition) is 1. The molecule has 0 aliphatic carbocycles. The summed E-state index contributed by atoms with van der Waals surface area (Å²) < 4.78 is 1.76. The summed E-state index contributed by atoms with van der Waals surface area (Å²) in [4.78, 5) is 17.9. The van der Waals surface area contributed by atoms with E-state index in [1.165, 1.54) is 0 Å². The van der Waals surface area contributed by atoms with Crippen molar-refractivity contribution < 1.29 is 9.90 Å². The lowest BCUT2D eigenvalue weighted by Gasteiger charge is -2.22. The minimum Gasteiger partial charge on any atom is -0.480 e. The zero-order valence-corrected chi connectivity index (χ0v) is 12.7. The minimum atomic E-state index is -0.883. The van der Waals surface area contributed by atoms with Crippen LogP contribution in [0.4, 0.5) is 0 Å². The number of nitrogens with zero attached hydrogens (tertiary/aromatic N) is 3. The highest BCUT2D eigenvalue weighted by molar-refractivity contribution is 6.31. The van der Waals surface area contributed by atoms with Crippen LogP contribution in [0.3, 0.4) is 0 Å². The Balaban J connectivity index is 2.71. The highest BCUT2D eigenvalue weighted by Gasteiger charge is 2.24. The van der Waals surface area contributed by atoms with E-state index in [0.29, 0.717) is 10.5 Å². The van der Waals surface area contributed by atoms with Crippen molar-refractivity contribution in [2.75, 3.05) is 14.1 Å². The van der Waals surface area contributed by atoms with Crippen LogP contribution in [-0.2, 0) is 4.79 Å². The average Bonchev–Trinajstić information content (AvgIpc) is 2.74. The van der Waals surface area contributed by atoms with Gasteiger partial charge in [-0.05, 0) is 46.1 Å². The van der Waals surface area contributed by atoms with Gasteiger partial charge in [0.05, 0.1) is 17.1 Å². The SMILES string of the molecule is CC(c1nc2cc(Cl)ccc2n1C(C)C(=O)O)N(C)C. The molecule has 0 spiro atoms. The summed E-state index contributed by atoms with van der Waals surface area (Å²) in [5.41, 5.74) is 1.50. The van der Waals surface area contributed by atoms with Crippen molar-refractivity contribution in [3.63, 3.8) is 0 Å². The largest absolute Gasteiger partial charge is 0.480 e. The van der Waals surface area contributed by atoms with Gasteiger partial charge in [0.2, 0.25) is 0 Å². The highest BCUT2D eigenvalue weighted by atomic mass is 35.5. The Labute approximate surface area is 122 Å². The van der Waals surface area contributed by atoms with E-state index in [1.807, 2.05) is 32.0 Å². The van der Waals surface area contributed by atoms with Gasteiger partial charge in [-0.25, -0.2) is 9.78 Å². The van der Waals surface area contributed by atoms with E-state index in [1.54, 1.807) is 23.6 Å². The van der Waals surface area contributed by atoms with E-state index in [-0.39, 0.29) is 6.04 Å². The fourth-order valence-corrected chi connectivity index (χ4v) is 2.30. The van der Waals surface area contributed by atoms with E-state index in [9.17, 15) is 9.90 Å². The van der Waals surface area contributed by atoms with Gasteiger partial charge in [-0.1, -0.05) is 11.6 Å². The van der Waals surface area contributed by atoms with Crippen molar-refractivity contribution in [1.29, 1.82) is 0 Å². The molecule has 0 amide bonds. The summed E-state index contributed by atoms with van der Waals surface area (Å²) in [6, 6.07) is 4.64. The Hall–Kier alpha value is -1.59. The first-order valence-electron chi connectivity index (χ1n) is 6.39. The van der Waals surface area contributed by atoms with Gasteiger partial charge in [-0.2, -0.15) is 0 Å². The molecule has 2 unspecified atom stereocenters. The summed E-state index contributed by atoms with van der Waals surface area (Å²) >= 11 is 5.99. The smallest absolute Gasteiger partial charge is 0.326 e. The second-order valence-corrected chi connectivity index (χ2v) is 5.56. The summed E-state index contributed by atoms with van der Waals surface area (Å²) in [5, 5.41) is 9.92. The molecule has 108 valence electrons. The second kappa shape index (κ2) is 5.42. The highest BCUT2D eigenvalue weighted by Crippen LogP contribution is 2.28. The number of aromatic nitrogens is 2. The molecule has 2 aromatic rings. The van der Waals surface area contributed by atoms with Crippen molar-refractivity contribution in [2.24, 2.45) is 0 Å². The Kier molecular flexibility index (Phi) is 4.01. The Morgan fingerprint density at radius 2 is 2.05 bits per heavy atom. The topological polar surface area (TPSA) is 58.4 Å². The molecule has 6 heteroatoms. The molecule has 0 bridgehead atoms. The Morgan fingerprint density at radius 3 is 2.60 bits per heavy atom. The first-order chi connectivity index (χ1) is 9.32. The Bertz CT molecular complexity index is 651. The zero-order chi connectivity index (χ0) is 15.0. The monoisotopic (exact) mass is 295 g/mol. The number of benzene rings is 1. The molecule has 0 saturated carbocycles. The van der Waals surface area contributed by atoms with Gasteiger partial charge >= 0.3 is 5.97 Å².